The Morgan fingerprint density at radius 1 is 0.903 bits per heavy atom. The summed E-state index contributed by atoms with van der Waals surface area (Å²) >= 11 is 0. The molecule has 2 amide bonds. The number of carbonyl (C=O) groups excluding carboxylic acids is 2. The van der Waals surface area contributed by atoms with Gasteiger partial charge in [0.2, 0.25) is 11.7 Å². The first-order valence-electron chi connectivity index (χ1n) is 10.5. The van der Waals surface area contributed by atoms with Crippen molar-refractivity contribution in [2.45, 2.75) is 32.2 Å². The number of ether oxygens (including phenoxy) is 3. The fourth-order valence-corrected chi connectivity index (χ4v) is 3.69. The van der Waals surface area contributed by atoms with E-state index in [1.54, 1.807) is 21.3 Å². The number of methoxy groups -OCH3 is 3. The van der Waals surface area contributed by atoms with Crippen LogP contribution in [0, 0.1) is 0 Å². The summed E-state index contributed by atoms with van der Waals surface area (Å²) in [5.74, 6) is 1.70. The highest BCUT2D eigenvalue weighted by molar-refractivity contribution is 5.94. The van der Waals surface area contributed by atoms with Crippen molar-refractivity contribution in [2.75, 3.05) is 34.4 Å². The molecule has 0 atom stereocenters. The Labute approximate surface area is 183 Å². The largest absolute Gasteiger partial charge is 0.493 e. The van der Waals surface area contributed by atoms with Crippen LogP contribution in [-0.4, -0.2) is 51.1 Å². The molecule has 7 nitrogen and oxygen atoms in total. The Morgan fingerprint density at radius 3 is 2.06 bits per heavy atom. The van der Waals surface area contributed by atoms with Gasteiger partial charge < -0.3 is 24.4 Å². The van der Waals surface area contributed by atoms with E-state index in [9.17, 15) is 9.59 Å². The fourth-order valence-electron chi connectivity index (χ4n) is 3.69. The maximum absolute atomic E-state index is 12.4. The summed E-state index contributed by atoms with van der Waals surface area (Å²) in [6.07, 6.45) is 3.04. The smallest absolute Gasteiger partial charge is 0.253 e. The summed E-state index contributed by atoms with van der Waals surface area (Å²) in [4.78, 5) is 26.6. The molecule has 0 bridgehead atoms. The lowest BCUT2D eigenvalue weighted by molar-refractivity contribution is -0.121. The third-order valence-electron chi connectivity index (χ3n) is 5.45. The Morgan fingerprint density at radius 2 is 1.52 bits per heavy atom. The lowest BCUT2D eigenvalue weighted by Crippen LogP contribution is -2.27. The predicted octanol–water partition coefficient (Wildman–Crippen LogP) is 3.20. The van der Waals surface area contributed by atoms with Crippen LogP contribution in [0.15, 0.2) is 36.4 Å². The van der Waals surface area contributed by atoms with E-state index in [-0.39, 0.29) is 11.8 Å². The van der Waals surface area contributed by atoms with Gasteiger partial charge in [-0.15, -0.1) is 0 Å². The lowest BCUT2D eigenvalue weighted by Gasteiger charge is -2.15. The normalized spacial score (nSPS) is 13.1. The Kier molecular flexibility index (Phi) is 7.76. The van der Waals surface area contributed by atoms with Gasteiger partial charge in [-0.25, -0.2) is 0 Å². The predicted molar refractivity (Wildman–Crippen MR) is 118 cm³/mol. The average molecular weight is 427 g/mol. The first-order valence-corrected chi connectivity index (χ1v) is 10.5. The average Bonchev–Trinajstić information content (AvgIpc) is 3.35. The molecule has 0 spiro atoms. The van der Waals surface area contributed by atoms with Crippen LogP contribution in [0.2, 0.25) is 0 Å². The van der Waals surface area contributed by atoms with Crippen molar-refractivity contribution in [2.24, 2.45) is 0 Å². The number of benzene rings is 2. The second-order valence-corrected chi connectivity index (χ2v) is 7.51. The minimum absolute atomic E-state index is 0.0500. The van der Waals surface area contributed by atoms with Crippen molar-refractivity contribution in [3.8, 4) is 17.2 Å². The molecule has 0 radical (unpaired) electrons. The molecule has 31 heavy (non-hydrogen) atoms. The molecule has 1 N–H and O–H groups in total. The van der Waals surface area contributed by atoms with Gasteiger partial charge in [0.25, 0.3) is 5.91 Å². The zero-order chi connectivity index (χ0) is 22.2. The highest BCUT2D eigenvalue weighted by atomic mass is 16.5. The van der Waals surface area contributed by atoms with Gasteiger partial charge in [-0.2, -0.15) is 0 Å². The number of aryl methyl sites for hydroxylation is 1. The standard InChI is InChI=1S/C24H30N2O5/c1-29-20-14-18(15-21(30-2)23(20)31-3)8-11-22(27)25-16-17-6-9-19(10-7-17)24(28)26-12-4-5-13-26/h6-7,9-10,14-15H,4-5,8,11-13,16H2,1-3H3,(H,25,27). The Bertz CT molecular complexity index is 880. The number of rotatable bonds is 9. The van der Waals surface area contributed by atoms with Gasteiger partial charge in [-0.05, 0) is 54.7 Å². The third-order valence-corrected chi connectivity index (χ3v) is 5.45. The molecule has 166 valence electrons. The van der Waals surface area contributed by atoms with Crippen molar-refractivity contribution in [1.29, 1.82) is 0 Å². The van der Waals surface area contributed by atoms with Crippen molar-refractivity contribution >= 4 is 11.8 Å². The number of nitrogens with one attached hydrogen (secondary N) is 1. The monoisotopic (exact) mass is 426 g/mol. The summed E-state index contributed by atoms with van der Waals surface area (Å²) in [6, 6.07) is 11.1. The van der Waals surface area contributed by atoms with Gasteiger partial charge >= 0.3 is 0 Å². The summed E-state index contributed by atoms with van der Waals surface area (Å²) in [5.41, 5.74) is 2.58. The summed E-state index contributed by atoms with van der Waals surface area (Å²) in [7, 11) is 4.69. The number of likely N-dealkylation sites (tertiary alicyclic amines) is 1. The maximum Gasteiger partial charge on any atom is 0.253 e. The quantitative estimate of drug-likeness (QED) is 0.666. The number of carbonyl (C=O) groups is 2. The molecular weight excluding hydrogens is 396 g/mol. The van der Waals surface area contributed by atoms with Gasteiger partial charge in [-0.3, -0.25) is 9.59 Å². The third kappa shape index (κ3) is 5.69. The minimum Gasteiger partial charge on any atom is -0.493 e. The SMILES string of the molecule is COc1cc(CCC(=O)NCc2ccc(C(=O)N3CCCC3)cc2)cc(OC)c1OC. The van der Waals surface area contributed by atoms with Gasteiger partial charge in [0, 0.05) is 31.6 Å². The van der Waals surface area contributed by atoms with E-state index in [0.29, 0.717) is 42.2 Å². The van der Waals surface area contributed by atoms with E-state index >= 15 is 0 Å². The first kappa shape index (κ1) is 22.5. The molecule has 0 saturated carbocycles. The molecule has 1 heterocycles. The zero-order valence-electron chi connectivity index (χ0n) is 18.4. The van der Waals surface area contributed by atoms with Crippen LogP contribution in [0.25, 0.3) is 0 Å². The van der Waals surface area contributed by atoms with Crippen LogP contribution in [0.3, 0.4) is 0 Å². The second kappa shape index (κ2) is 10.7. The van der Waals surface area contributed by atoms with Crippen LogP contribution in [0.4, 0.5) is 0 Å². The van der Waals surface area contributed by atoms with E-state index in [1.165, 1.54) is 0 Å². The maximum atomic E-state index is 12.4. The lowest BCUT2D eigenvalue weighted by atomic mass is 10.1. The molecule has 0 unspecified atom stereocenters. The van der Waals surface area contributed by atoms with Gasteiger partial charge in [-0.1, -0.05) is 12.1 Å². The topological polar surface area (TPSA) is 77.1 Å². The first-order chi connectivity index (χ1) is 15.0. The van der Waals surface area contributed by atoms with Crippen LogP contribution in [-0.2, 0) is 17.8 Å². The molecule has 1 aliphatic heterocycles. The van der Waals surface area contributed by atoms with E-state index in [4.69, 9.17) is 14.2 Å². The highest BCUT2D eigenvalue weighted by Gasteiger charge is 2.19. The van der Waals surface area contributed by atoms with Gasteiger partial charge in [0.05, 0.1) is 21.3 Å². The van der Waals surface area contributed by atoms with Crippen LogP contribution < -0.4 is 19.5 Å². The molecule has 7 heteroatoms. The number of hydrogen-bond donors (Lipinski definition) is 1. The fraction of sp³-hybridized carbons (Fsp3) is 0.417. The van der Waals surface area contributed by atoms with E-state index < -0.39 is 0 Å². The number of hydrogen-bond acceptors (Lipinski definition) is 5. The molecule has 2 aromatic carbocycles. The van der Waals surface area contributed by atoms with Crippen molar-refractivity contribution in [3.63, 3.8) is 0 Å². The summed E-state index contributed by atoms with van der Waals surface area (Å²) < 4.78 is 16.0. The van der Waals surface area contributed by atoms with Crippen LogP contribution in [0.5, 0.6) is 17.2 Å². The molecule has 1 aliphatic rings. The van der Waals surface area contributed by atoms with Crippen LogP contribution >= 0.6 is 0 Å². The highest BCUT2D eigenvalue weighted by Crippen LogP contribution is 2.38. The molecule has 1 fully saturated rings. The summed E-state index contributed by atoms with van der Waals surface area (Å²) in [5, 5.41) is 2.93. The van der Waals surface area contributed by atoms with Gasteiger partial charge in [0.1, 0.15) is 0 Å². The number of nitrogens with zero attached hydrogens (tertiary/aromatic N) is 1. The Hall–Kier alpha value is -3.22. The zero-order valence-corrected chi connectivity index (χ0v) is 18.4. The van der Waals surface area contributed by atoms with Crippen LogP contribution in [0.1, 0.15) is 40.7 Å². The summed E-state index contributed by atoms with van der Waals surface area (Å²) in [6.45, 7) is 2.09. The van der Waals surface area contributed by atoms with E-state index in [1.807, 2.05) is 41.3 Å². The molecule has 3 rings (SSSR count). The van der Waals surface area contributed by atoms with Crippen molar-refractivity contribution < 1.29 is 23.8 Å². The van der Waals surface area contributed by atoms with Crippen molar-refractivity contribution in [1.82, 2.24) is 10.2 Å². The molecule has 2 aromatic rings. The van der Waals surface area contributed by atoms with E-state index in [2.05, 4.69) is 5.32 Å². The molecular formula is C24H30N2O5. The molecule has 0 aromatic heterocycles. The molecule has 0 aliphatic carbocycles. The number of amides is 2. The second-order valence-electron chi connectivity index (χ2n) is 7.51. The molecule has 1 saturated heterocycles. The minimum atomic E-state index is -0.0500. The van der Waals surface area contributed by atoms with E-state index in [0.717, 1.165) is 37.1 Å². The Balaban J connectivity index is 1.51. The van der Waals surface area contributed by atoms with Gasteiger partial charge in [0.15, 0.2) is 11.5 Å². The van der Waals surface area contributed by atoms with Crippen molar-refractivity contribution in [3.05, 3.63) is 53.1 Å².